The van der Waals surface area contributed by atoms with Gasteiger partial charge in [0.1, 0.15) is 5.82 Å². The van der Waals surface area contributed by atoms with Crippen molar-refractivity contribution in [2.24, 2.45) is 0 Å². The van der Waals surface area contributed by atoms with Crippen molar-refractivity contribution in [2.45, 2.75) is 26.7 Å². The van der Waals surface area contributed by atoms with E-state index < -0.39 is 5.82 Å². The molecule has 2 heteroatoms. The van der Waals surface area contributed by atoms with Crippen LogP contribution in [0.2, 0.25) is 5.02 Å². The highest BCUT2D eigenvalue weighted by Crippen LogP contribution is 2.34. The summed E-state index contributed by atoms with van der Waals surface area (Å²) in [6, 6.07) is 11.7. The van der Waals surface area contributed by atoms with Crippen LogP contribution >= 0.6 is 11.6 Å². The SMILES string of the molecule is C=C(C)c1ccc(-c2cccc(C(C)C)c2)c(Cl)c1F. The van der Waals surface area contributed by atoms with Crippen molar-refractivity contribution in [3.05, 3.63) is 64.9 Å². The Bertz CT molecular complexity index is 656. The van der Waals surface area contributed by atoms with Crippen LogP contribution in [0.3, 0.4) is 0 Å². The van der Waals surface area contributed by atoms with Crippen molar-refractivity contribution in [2.75, 3.05) is 0 Å². The Morgan fingerprint density at radius 3 is 2.50 bits per heavy atom. The summed E-state index contributed by atoms with van der Waals surface area (Å²) in [6.45, 7) is 9.80. The maximum Gasteiger partial charge on any atom is 0.149 e. The molecule has 0 nitrogen and oxygen atoms in total. The number of benzene rings is 2. The van der Waals surface area contributed by atoms with Gasteiger partial charge in [-0.3, -0.25) is 0 Å². The van der Waals surface area contributed by atoms with Gasteiger partial charge < -0.3 is 0 Å². The normalized spacial score (nSPS) is 10.9. The van der Waals surface area contributed by atoms with E-state index >= 15 is 0 Å². The van der Waals surface area contributed by atoms with Crippen molar-refractivity contribution >= 4 is 17.2 Å². The van der Waals surface area contributed by atoms with Crippen LogP contribution in [0.25, 0.3) is 16.7 Å². The van der Waals surface area contributed by atoms with Crippen LogP contribution in [-0.2, 0) is 0 Å². The van der Waals surface area contributed by atoms with Crippen LogP contribution < -0.4 is 0 Å². The number of allylic oxidation sites excluding steroid dienone is 1. The Labute approximate surface area is 124 Å². The minimum atomic E-state index is -0.397. The van der Waals surface area contributed by atoms with Gasteiger partial charge in [0.2, 0.25) is 0 Å². The summed E-state index contributed by atoms with van der Waals surface area (Å²) in [5, 5.41) is 0.159. The summed E-state index contributed by atoms with van der Waals surface area (Å²) in [6.07, 6.45) is 0. The average molecular weight is 289 g/mol. The molecule has 0 saturated heterocycles. The number of halogens is 2. The zero-order valence-corrected chi connectivity index (χ0v) is 12.8. The first-order valence-electron chi connectivity index (χ1n) is 6.66. The van der Waals surface area contributed by atoms with Gasteiger partial charge in [-0.15, -0.1) is 0 Å². The molecule has 2 rings (SSSR count). The highest BCUT2D eigenvalue weighted by molar-refractivity contribution is 6.33. The summed E-state index contributed by atoms with van der Waals surface area (Å²) >= 11 is 6.19. The number of rotatable bonds is 3. The summed E-state index contributed by atoms with van der Waals surface area (Å²) in [5.41, 5.74) is 4.01. The molecule has 0 aromatic heterocycles. The fraction of sp³-hybridized carbons (Fsp3) is 0.222. The maximum atomic E-state index is 14.3. The third-order valence-corrected chi connectivity index (χ3v) is 3.78. The van der Waals surface area contributed by atoms with Gasteiger partial charge in [-0.25, -0.2) is 4.39 Å². The molecule has 2 aromatic rings. The quantitative estimate of drug-likeness (QED) is 0.621. The van der Waals surface area contributed by atoms with Gasteiger partial charge >= 0.3 is 0 Å². The predicted octanol–water partition coefficient (Wildman–Crippen LogP) is 6.30. The van der Waals surface area contributed by atoms with Gasteiger partial charge in [-0.1, -0.05) is 68.4 Å². The first kappa shape index (κ1) is 14.8. The lowest BCUT2D eigenvalue weighted by molar-refractivity contribution is 0.625. The Morgan fingerprint density at radius 1 is 1.20 bits per heavy atom. The molecule has 0 fully saturated rings. The van der Waals surface area contributed by atoms with Crippen molar-refractivity contribution in [1.82, 2.24) is 0 Å². The van der Waals surface area contributed by atoms with Crippen LogP contribution in [0.15, 0.2) is 43.0 Å². The summed E-state index contributed by atoms with van der Waals surface area (Å²) in [7, 11) is 0. The highest BCUT2D eigenvalue weighted by atomic mass is 35.5. The third kappa shape index (κ3) is 2.78. The Hall–Kier alpha value is -1.60. The molecule has 0 N–H and O–H groups in total. The van der Waals surface area contributed by atoms with E-state index in [1.54, 1.807) is 13.0 Å². The van der Waals surface area contributed by atoms with Gasteiger partial charge in [-0.05, 0) is 29.5 Å². The lowest BCUT2D eigenvalue weighted by Gasteiger charge is -2.12. The average Bonchev–Trinajstić information content (AvgIpc) is 2.41. The fourth-order valence-corrected chi connectivity index (χ4v) is 2.44. The van der Waals surface area contributed by atoms with E-state index in [9.17, 15) is 4.39 Å². The summed E-state index contributed by atoms with van der Waals surface area (Å²) < 4.78 is 14.3. The number of hydrogen-bond acceptors (Lipinski definition) is 0. The Morgan fingerprint density at radius 2 is 1.90 bits per heavy atom. The van der Waals surface area contributed by atoms with Crippen molar-refractivity contribution < 1.29 is 4.39 Å². The van der Waals surface area contributed by atoms with Crippen molar-refractivity contribution in [1.29, 1.82) is 0 Å². The predicted molar refractivity (Wildman–Crippen MR) is 85.6 cm³/mol. The van der Waals surface area contributed by atoms with Gasteiger partial charge in [0.25, 0.3) is 0 Å². The molecule has 0 unspecified atom stereocenters. The largest absolute Gasteiger partial charge is 0.205 e. The minimum absolute atomic E-state index is 0.159. The zero-order valence-electron chi connectivity index (χ0n) is 12.0. The van der Waals surface area contributed by atoms with E-state index in [4.69, 9.17) is 11.6 Å². The Kier molecular flexibility index (Phi) is 4.29. The van der Waals surface area contributed by atoms with Crippen LogP contribution in [-0.4, -0.2) is 0 Å². The maximum absolute atomic E-state index is 14.3. The molecule has 0 spiro atoms. The molecule has 0 aliphatic rings. The standard InChI is InChI=1S/C18H18ClF/c1-11(2)13-6-5-7-14(10-13)16-9-8-15(12(3)4)18(20)17(16)19/h5-11H,3H2,1-2,4H3. The molecule has 0 radical (unpaired) electrons. The van der Waals surface area contributed by atoms with Gasteiger partial charge in [0.05, 0.1) is 5.02 Å². The highest BCUT2D eigenvalue weighted by Gasteiger charge is 2.14. The molecule has 104 valence electrons. The molecule has 0 aliphatic heterocycles. The second-order valence-corrected chi connectivity index (χ2v) is 5.73. The van der Waals surface area contributed by atoms with Crippen molar-refractivity contribution in [3.8, 4) is 11.1 Å². The van der Waals surface area contributed by atoms with E-state index in [0.717, 1.165) is 11.1 Å². The van der Waals surface area contributed by atoms with Crippen LogP contribution in [0.4, 0.5) is 4.39 Å². The van der Waals surface area contributed by atoms with E-state index in [1.165, 1.54) is 5.56 Å². The van der Waals surface area contributed by atoms with E-state index in [1.807, 2.05) is 18.2 Å². The monoisotopic (exact) mass is 288 g/mol. The van der Waals surface area contributed by atoms with Gasteiger partial charge in [-0.2, -0.15) is 0 Å². The van der Waals surface area contributed by atoms with Crippen molar-refractivity contribution in [3.63, 3.8) is 0 Å². The van der Waals surface area contributed by atoms with Crippen LogP contribution in [0, 0.1) is 5.82 Å². The fourth-order valence-electron chi connectivity index (χ4n) is 2.17. The van der Waals surface area contributed by atoms with E-state index in [2.05, 4.69) is 32.6 Å². The van der Waals surface area contributed by atoms with Gasteiger partial charge in [0, 0.05) is 11.1 Å². The molecular formula is C18H18ClF. The third-order valence-electron chi connectivity index (χ3n) is 3.41. The van der Waals surface area contributed by atoms with Gasteiger partial charge in [0.15, 0.2) is 0 Å². The first-order valence-corrected chi connectivity index (χ1v) is 7.03. The second-order valence-electron chi connectivity index (χ2n) is 5.35. The lowest BCUT2D eigenvalue weighted by Crippen LogP contribution is -1.92. The number of hydrogen-bond donors (Lipinski definition) is 0. The molecule has 0 heterocycles. The van der Waals surface area contributed by atoms with Crippen LogP contribution in [0.1, 0.15) is 37.8 Å². The molecular weight excluding hydrogens is 271 g/mol. The Balaban J connectivity index is 2.56. The van der Waals surface area contributed by atoms with Crippen LogP contribution in [0.5, 0.6) is 0 Å². The summed E-state index contributed by atoms with van der Waals surface area (Å²) in [4.78, 5) is 0. The lowest BCUT2D eigenvalue weighted by atomic mass is 9.96. The van der Waals surface area contributed by atoms with E-state index in [0.29, 0.717) is 17.1 Å². The molecule has 20 heavy (non-hydrogen) atoms. The summed E-state index contributed by atoms with van der Waals surface area (Å²) in [5.74, 6) is 0.0277. The molecule has 0 amide bonds. The zero-order chi connectivity index (χ0) is 14.9. The molecule has 0 atom stereocenters. The smallest absolute Gasteiger partial charge is 0.149 e. The topological polar surface area (TPSA) is 0 Å². The molecule has 2 aromatic carbocycles. The first-order chi connectivity index (χ1) is 9.41. The molecule has 0 bridgehead atoms. The minimum Gasteiger partial charge on any atom is -0.205 e. The molecule has 0 saturated carbocycles. The van der Waals surface area contributed by atoms with E-state index in [-0.39, 0.29) is 5.02 Å². The molecule has 0 aliphatic carbocycles. The second kappa shape index (κ2) is 5.80.